The normalized spacial score (nSPS) is 10.3. The van der Waals surface area contributed by atoms with Crippen molar-refractivity contribution < 1.29 is 14.3 Å². The third-order valence-electron chi connectivity index (χ3n) is 3.20. The van der Waals surface area contributed by atoms with E-state index in [-0.39, 0.29) is 5.78 Å². The maximum Gasteiger partial charge on any atom is 0.355 e. The third kappa shape index (κ3) is 3.52. The van der Waals surface area contributed by atoms with Crippen molar-refractivity contribution >= 4 is 23.1 Å². The van der Waals surface area contributed by atoms with Crippen LogP contribution in [-0.4, -0.2) is 16.7 Å². The summed E-state index contributed by atoms with van der Waals surface area (Å²) in [7, 11) is 0. The molecule has 0 unspecified atom stereocenters. The van der Waals surface area contributed by atoms with Gasteiger partial charge < -0.3 is 4.74 Å². The van der Waals surface area contributed by atoms with Gasteiger partial charge in [0.2, 0.25) is 0 Å². The van der Waals surface area contributed by atoms with Crippen molar-refractivity contribution in [2.75, 3.05) is 0 Å². The maximum absolute atomic E-state index is 12.2. The van der Waals surface area contributed by atoms with Gasteiger partial charge in [-0.15, -0.1) is 11.3 Å². The van der Waals surface area contributed by atoms with Crippen molar-refractivity contribution in [3.05, 3.63) is 71.2 Å². The van der Waals surface area contributed by atoms with Crippen LogP contribution in [0.15, 0.2) is 60.8 Å². The average molecular weight is 323 g/mol. The quantitative estimate of drug-likeness (QED) is 0.409. The topological polar surface area (TPSA) is 56.3 Å². The molecule has 3 aromatic rings. The van der Waals surface area contributed by atoms with Crippen molar-refractivity contribution in [3.63, 3.8) is 0 Å². The minimum atomic E-state index is -0.458. The van der Waals surface area contributed by atoms with Crippen LogP contribution in [-0.2, 0) is 0 Å². The highest BCUT2D eigenvalue weighted by atomic mass is 32.1. The first-order valence-electron chi connectivity index (χ1n) is 6.98. The second-order valence-corrected chi connectivity index (χ2v) is 5.90. The molecule has 0 radical (unpaired) electrons. The Hall–Kier alpha value is -2.79. The zero-order valence-electron chi connectivity index (χ0n) is 12.4. The average Bonchev–Trinajstić information content (AvgIpc) is 3.06. The van der Waals surface area contributed by atoms with E-state index in [1.54, 1.807) is 24.3 Å². The molecule has 0 fully saturated rings. The Balaban J connectivity index is 1.74. The second kappa shape index (κ2) is 6.54. The summed E-state index contributed by atoms with van der Waals surface area (Å²) in [5.74, 6) is -0.0900. The molecule has 0 saturated heterocycles. The summed E-state index contributed by atoms with van der Waals surface area (Å²) in [6.45, 7) is 1.49. The third-order valence-corrected chi connectivity index (χ3v) is 4.23. The number of hydrogen-bond acceptors (Lipinski definition) is 5. The summed E-state index contributed by atoms with van der Waals surface area (Å²) < 4.78 is 5.30. The summed E-state index contributed by atoms with van der Waals surface area (Å²) in [5.41, 5.74) is 1.54. The predicted octanol–water partition coefficient (Wildman–Crippen LogP) is 4.23. The number of nitrogens with zero attached hydrogens (tertiary/aromatic N) is 1. The van der Waals surface area contributed by atoms with Gasteiger partial charge in [-0.2, -0.15) is 0 Å². The fourth-order valence-electron chi connectivity index (χ4n) is 2.00. The van der Waals surface area contributed by atoms with Crippen LogP contribution in [0.2, 0.25) is 0 Å². The summed E-state index contributed by atoms with van der Waals surface area (Å²) in [6.07, 6.45) is 1.51. The number of carbonyl (C=O) groups excluding carboxylic acids is 2. The van der Waals surface area contributed by atoms with E-state index < -0.39 is 5.97 Å². The highest BCUT2D eigenvalue weighted by Gasteiger charge is 2.14. The van der Waals surface area contributed by atoms with Crippen LogP contribution in [0.3, 0.4) is 0 Å². The smallest absolute Gasteiger partial charge is 0.355 e. The molecule has 4 nitrogen and oxygen atoms in total. The summed E-state index contributed by atoms with van der Waals surface area (Å²) in [4.78, 5) is 28.1. The molecule has 0 spiro atoms. The SMILES string of the molecule is CC(=O)c1ccc(OC(=O)c2cnc(-c3ccccc3)s2)cc1. The molecule has 114 valence electrons. The molecule has 0 aliphatic heterocycles. The molecule has 5 heteroatoms. The van der Waals surface area contributed by atoms with Gasteiger partial charge in [0.15, 0.2) is 5.78 Å². The lowest BCUT2D eigenvalue weighted by Crippen LogP contribution is -2.06. The molecule has 0 amide bonds. The number of benzene rings is 2. The highest BCUT2D eigenvalue weighted by Crippen LogP contribution is 2.25. The lowest BCUT2D eigenvalue weighted by Gasteiger charge is -2.02. The Bertz CT molecular complexity index is 838. The molecule has 0 aliphatic rings. The van der Waals surface area contributed by atoms with Crippen LogP contribution in [0.5, 0.6) is 5.75 Å². The van der Waals surface area contributed by atoms with E-state index in [4.69, 9.17) is 4.74 Å². The minimum Gasteiger partial charge on any atom is -0.422 e. The molecule has 0 atom stereocenters. The number of aromatic nitrogens is 1. The van der Waals surface area contributed by atoms with Crippen LogP contribution in [0.1, 0.15) is 27.0 Å². The van der Waals surface area contributed by atoms with E-state index in [0.717, 1.165) is 10.6 Å². The van der Waals surface area contributed by atoms with E-state index in [1.165, 1.54) is 24.5 Å². The number of ketones is 1. The van der Waals surface area contributed by atoms with E-state index in [1.807, 2.05) is 30.3 Å². The molecule has 2 aromatic carbocycles. The number of thiazole rings is 1. The Labute approximate surface area is 137 Å². The van der Waals surface area contributed by atoms with Crippen molar-refractivity contribution in [3.8, 4) is 16.3 Å². The van der Waals surface area contributed by atoms with E-state index in [2.05, 4.69) is 4.98 Å². The fraction of sp³-hybridized carbons (Fsp3) is 0.0556. The number of carbonyl (C=O) groups is 2. The maximum atomic E-state index is 12.2. The van der Waals surface area contributed by atoms with Crippen molar-refractivity contribution in [2.24, 2.45) is 0 Å². The molecule has 0 bridgehead atoms. The summed E-state index contributed by atoms with van der Waals surface area (Å²) >= 11 is 1.28. The Kier molecular flexibility index (Phi) is 4.30. The molecule has 23 heavy (non-hydrogen) atoms. The molecular formula is C18H13NO3S. The van der Waals surface area contributed by atoms with Crippen LogP contribution in [0.4, 0.5) is 0 Å². The van der Waals surface area contributed by atoms with Crippen LogP contribution >= 0.6 is 11.3 Å². The molecule has 3 rings (SSSR count). The standard InChI is InChI=1S/C18H13NO3S/c1-12(20)13-7-9-15(10-8-13)22-18(21)16-11-19-17(23-16)14-5-3-2-4-6-14/h2-11H,1H3. The Morgan fingerprint density at radius 3 is 2.35 bits per heavy atom. The molecule has 0 aliphatic carbocycles. The van der Waals surface area contributed by atoms with Gasteiger partial charge in [0, 0.05) is 11.1 Å². The monoisotopic (exact) mass is 323 g/mol. The van der Waals surface area contributed by atoms with E-state index in [0.29, 0.717) is 16.2 Å². The second-order valence-electron chi connectivity index (χ2n) is 4.87. The van der Waals surface area contributed by atoms with Crippen LogP contribution in [0.25, 0.3) is 10.6 Å². The predicted molar refractivity (Wildman–Crippen MR) is 89.0 cm³/mol. The largest absolute Gasteiger partial charge is 0.422 e. The zero-order chi connectivity index (χ0) is 16.2. The van der Waals surface area contributed by atoms with Gasteiger partial charge in [-0.3, -0.25) is 4.79 Å². The molecular weight excluding hydrogens is 310 g/mol. The van der Waals surface area contributed by atoms with Gasteiger partial charge in [-0.05, 0) is 31.2 Å². The fourth-order valence-corrected chi connectivity index (χ4v) is 2.80. The summed E-state index contributed by atoms with van der Waals surface area (Å²) in [5, 5.41) is 0.768. The lowest BCUT2D eigenvalue weighted by atomic mass is 10.1. The summed E-state index contributed by atoms with van der Waals surface area (Å²) in [6, 6.07) is 16.1. The first-order chi connectivity index (χ1) is 11.1. The Morgan fingerprint density at radius 2 is 1.70 bits per heavy atom. The van der Waals surface area contributed by atoms with Gasteiger partial charge in [0.05, 0.1) is 6.20 Å². The van der Waals surface area contributed by atoms with Gasteiger partial charge in [0.1, 0.15) is 15.6 Å². The van der Waals surface area contributed by atoms with Gasteiger partial charge in [-0.1, -0.05) is 30.3 Å². The number of esters is 1. The first-order valence-corrected chi connectivity index (χ1v) is 7.79. The van der Waals surface area contributed by atoms with Crippen molar-refractivity contribution in [1.82, 2.24) is 4.98 Å². The first kappa shape index (κ1) is 15.1. The number of ether oxygens (including phenoxy) is 1. The Morgan fingerprint density at radius 1 is 1.00 bits per heavy atom. The molecule has 1 aromatic heterocycles. The van der Waals surface area contributed by atoms with Crippen molar-refractivity contribution in [2.45, 2.75) is 6.92 Å². The minimum absolute atomic E-state index is 0.0298. The van der Waals surface area contributed by atoms with Gasteiger partial charge in [0.25, 0.3) is 0 Å². The zero-order valence-corrected chi connectivity index (χ0v) is 13.2. The van der Waals surface area contributed by atoms with Gasteiger partial charge in [-0.25, -0.2) is 9.78 Å². The van der Waals surface area contributed by atoms with Crippen molar-refractivity contribution in [1.29, 1.82) is 0 Å². The highest BCUT2D eigenvalue weighted by molar-refractivity contribution is 7.16. The van der Waals surface area contributed by atoms with Crippen LogP contribution in [0, 0.1) is 0 Å². The van der Waals surface area contributed by atoms with Crippen LogP contribution < -0.4 is 4.74 Å². The lowest BCUT2D eigenvalue weighted by molar-refractivity contribution is 0.0739. The molecule has 0 N–H and O–H groups in total. The number of Topliss-reactive ketones (excluding diaryl/α,β-unsaturated/α-hetero) is 1. The van der Waals surface area contributed by atoms with Gasteiger partial charge >= 0.3 is 5.97 Å². The van der Waals surface area contributed by atoms with E-state index >= 15 is 0 Å². The number of rotatable bonds is 4. The molecule has 0 saturated carbocycles. The number of hydrogen-bond donors (Lipinski definition) is 0. The van der Waals surface area contributed by atoms with E-state index in [9.17, 15) is 9.59 Å². The molecule has 1 heterocycles.